The van der Waals surface area contributed by atoms with Gasteiger partial charge in [0.1, 0.15) is 24.5 Å². The molecule has 0 amide bonds. The number of esters is 1. The van der Waals surface area contributed by atoms with Crippen molar-refractivity contribution in [3.05, 3.63) is 61.9 Å². The molecule has 39 heavy (non-hydrogen) atoms. The molecule has 4 rings (SSSR count). The number of nitrogens with one attached hydrogen (secondary N) is 2. The Morgan fingerprint density at radius 1 is 1.23 bits per heavy atom. The molecule has 2 heterocycles. The van der Waals surface area contributed by atoms with Crippen LogP contribution >= 0.6 is 19.3 Å². The number of aromatic nitrogens is 2. The van der Waals surface area contributed by atoms with Gasteiger partial charge in [-0.15, -0.1) is 0 Å². The third-order valence-electron chi connectivity index (χ3n) is 6.45. The van der Waals surface area contributed by atoms with Gasteiger partial charge in [0.2, 0.25) is 0 Å². The van der Waals surface area contributed by atoms with Gasteiger partial charge in [-0.2, -0.15) is 5.09 Å². The summed E-state index contributed by atoms with van der Waals surface area (Å²) < 4.78 is 43.4. The Hall–Kier alpha value is -2.47. The molecule has 2 fully saturated rings. The van der Waals surface area contributed by atoms with E-state index in [9.17, 15) is 18.9 Å². The average molecular weight is 586 g/mol. The van der Waals surface area contributed by atoms with Gasteiger partial charge in [-0.25, -0.2) is 9.36 Å². The summed E-state index contributed by atoms with van der Waals surface area (Å²) in [6.07, 6.45) is 4.34. The fraction of sp³-hybridized carbons (Fsp3) is 0.560. The molecule has 214 valence electrons. The summed E-state index contributed by atoms with van der Waals surface area (Å²) in [5.74, 6) is -0.332. The number of hydrogen-bond acceptors (Lipinski definition) is 9. The first-order valence-corrected chi connectivity index (χ1v) is 14.8. The number of benzene rings is 1. The Labute approximate surface area is 230 Å². The van der Waals surface area contributed by atoms with Crippen molar-refractivity contribution in [1.82, 2.24) is 14.6 Å². The van der Waals surface area contributed by atoms with Crippen molar-refractivity contribution in [1.29, 1.82) is 0 Å². The van der Waals surface area contributed by atoms with Crippen LogP contribution in [0.25, 0.3) is 0 Å². The number of halogens is 1. The van der Waals surface area contributed by atoms with E-state index >= 15 is 0 Å². The van der Waals surface area contributed by atoms with Gasteiger partial charge in [-0.1, -0.05) is 24.9 Å². The summed E-state index contributed by atoms with van der Waals surface area (Å²) in [5.41, 5.74) is -0.816. The maximum absolute atomic E-state index is 13.9. The summed E-state index contributed by atoms with van der Waals surface area (Å²) in [6.45, 7) is 2.95. The molecule has 1 aromatic carbocycles. The van der Waals surface area contributed by atoms with Gasteiger partial charge in [0.15, 0.2) is 12.5 Å². The molecule has 1 saturated carbocycles. The normalized spacial score (nSPS) is 22.2. The van der Waals surface area contributed by atoms with E-state index in [4.69, 9.17) is 34.9 Å². The first kappa shape index (κ1) is 29.5. The smallest absolute Gasteiger partial charge is 0.459 e. The van der Waals surface area contributed by atoms with Crippen molar-refractivity contribution in [3.63, 3.8) is 0 Å². The topological polar surface area (TPSA) is 147 Å². The summed E-state index contributed by atoms with van der Waals surface area (Å²) in [5, 5.41) is 3.18. The maximum atomic E-state index is 13.9. The van der Waals surface area contributed by atoms with Gasteiger partial charge >= 0.3 is 19.4 Å². The van der Waals surface area contributed by atoms with Gasteiger partial charge in [0.25, 0.3) is 5.56 Å². The van der Waals surface area contributed by atoms with Crippen molar-refractivity contribution in [2.45, 2.75) is 77.0 Å². The van der Waals surface area contributed by atoms with Gasteiger partial charge in [-0.3, -0.25) is 23.7 Å². The molecule has 14 heteroatoms. The van der Waals surface area contributed by atoms with Crippen LogP contribution in [0.3, 0.4) is 0 Å². The molecule has 1 saturated heterocycles. The fourth-order valence-corrected chi connectivity index (χ4v) is 5.98. The summed E-state index contributed by atoms with van der Waals surface area (Å²) in [6, 6.07) is 5.21. The fourth-order valence-electron chi connectivity index (χ4n) is 4.29. The second kappa shape index (κ2) is 13.3. The minimum absolute atomic E-state index is 0.0134. The zero-order valence-electron chi connectivity index (χ0n) is 21.8. The minimum atomic E-state index is -4.17. The predicted octanol–water partition coefficient (Wildman–Crippen LogP) is 3.82. The lowest BCUT2D eigenvalue weighted by Gasteiger charge is -2.27. The van der Waals surface area contributed by atoms with Crippen LogP contribution in [0.15, 0.2) is 40.1 Å². The van der Waals surface area contributed by atoms with Crippen molar-refractivity contribution in [2.24, 2.45) is 0 Å². The lowest BCUT2D eigenvalue weighted by Crippen LogP contribution is -2.39. The third kappa shape index (κ3) is 8.03. The van der Waals surface area contributed by atoms with E-state index in [2.05, 4.69) is 10.1 Å². The average Bonchev–Trinajstić information content (AvgIpc) is 3.39. The Morgan fingerprint density at radius 3 is 2.64 bits per heavy atom. The van der Waals surface area contributed by atoms with E-state index < -0.39 is 43.5 Å². The van der Waals surface area contributed by atoms with E-state index in [-0.39, 0.29) is 31.5 Å². The first-order chi connectivity index (χ1) is 18.7. The van der Waals surface area contributed by atoms with Crippen LogP contribution in [0.2, 0.25) is 5.02 Å². The molecular formula is C25H33ClN3O9P. The maximum Gasteiger partial charge on any atom is 0.459 e. The molecule has 2 unspecified atom stereocenters. The van der Waals surface area contributed by atoms with Crippen LogP contribution in [-0.4, -0.2) is 47.2 Å². The number of carbonyl (C=O) groups is 1. The molecule has 2 aromatic rings. The highest BCUT2D eigenvalue weighted by molar-refractivity contribution is 7.52. The van der Waals surface area contributed by atoms with Gasteiger partial charge < -0.3 is 18.7 Å². The Bertz CT molecular complexity index is 1290. The Kier molecular flexibility index (Phi) is 10.0. The lowest BCUT2D eigenvalue weighted by atomic mass is 9.98. The highest BCUT2D eigenvalue weighted by Crippen LogP contribution is 2.46. The number of rotatable bonds is 11. The number of nitrogens with zero attached hydrogens (tertiary/aromatic N) is 1. The van der Waals surface area contributed by atoms with Crippen molar-refractivity contribution in [3.8, 4) is 5.75 Å². The number of hydrogen-bond donors (Lipinski definition) is 2. The second-order valence-corrected chi connectivity index (χ2v) is 11.6. The standard InChI is InChI=1S/C25H33ClN3O9P/c1-3-20(24(31)36-18-7-5-4-6-8-18)28-39(33,38-19-11-9-17(26)10-12-19)35-15-22-34-14-21(37-22)29-13-16(2)23(30)27-25(29)32/h9-13,18,20-22H,3-8,14-15H2,1-2H3,(H,28,33)(H,27,30,32)/t20?,21-,22-,39?/m1/s1. The molecule has 0 spiro atoms. The van der Waals surface area contributed by atoms with Crippen LogP contribution in [0.1, 0.15) is 57.2 Å². The minimum Gasteiger partial charge on any atom is -0.461 e. The zero-order valence-corrected chi connectivity index (χ0v) is 23.4. The van der Waals surface area contributed by atoms with E-state index in [1.165, 1.54) is 22.9 Å². The van der Waals surface area contributed by atoms with Crippen LogP contribution in [0.4, 0.5) is 0 Å². The number of carbonyl (C=O) groups excluding carboxylic acids is 1. The monoisotopic (exact) mass is 585 g/mol. The molecule has 2 aliphatic rings. The zero-order chi connectivity index (χ0) is 28.0. The summed E-state index contributed by atoms with van der Waals surface area (Å²) in [4.78, 5) is 39.0. The predicted molar refractivity (Wildman–Crippen MR) is 142 cm³/mol. The molecule has 2 N–H and O–H groups in total. The quantitative estimate of drug-likeness (QED) is 0.294. The highest BCUT2D eigenvalue weighted by Gasteiger charge is 2.37. The molecule has 0 bridgehead atoms. The van der Waals surface area contributed by atoms with E-state index in [0.717, 1.165) is 32.1 Å². The molecule has 1 aromatic heterocycles. The Balaban J connectivity index is 1.44. The Morgan fingerprint density at radius 2 is 1.95 bits per heavy atom. The second-order valence-electron chi connectivity index (χ2n) is 9.46. The number of H-pyrrole nitrogens is 1. The number of aromatic amines is 1. The van der Waals surface area contributed by atoms with Crippen molar-refractivity contribution < 1.29 is 32.6 Å². The van der Waals surface area contributed by atoms with Crippen LogP contribution < -0.4 is 20.9 Å². The molecule has 0 radical (unpaired) electrons. The van der Waals surface area contributed by atoms with E-state index in [1.54, 1.807) is 26.0 Å². The largest absolute Gasteiger partial charge is 0.461 e. The van der Waals surface area contributed by atoms with Crippen molar-refractivity contribution >= 4 is 25.3 Å². The molecular weight excluding hydrogens is 553 g/mol. The molecule has 12 nitrogen and oxygen atoms in total. The number of aryl methyl sites for hydroxylation is 1. The van der Waals surface area contributed by atoms with Crippen LogP contribution in [0.5, 0.6) is 5.75 Å². The summed E-state index contributed by atoms with van der Waals surface area (Å²) >= 11 is 5.96. The number of ether oxygens (including phenoxy) is 3. The van der Waals surface area contributed by atoms with Crippen LogP contribution in [0, 0.1) is 6.92 Å². The molecule has 1 aliphatic heterocycles. The lowest BCUT2D eigenvalue weighted by molar-refractivity contribution is -0.152. The van der Waals surface area contributed by atoms with E-state index in [1.807, 2.05) is 0 Å². The van der Waals surface area contributed by atoms with Gasteiger partial charge in [0.05, 0.1) is 6.61 Å². The van der Waals surface area contributed by atoms with E-state index in [0.29, 0.717) is 10.6 Å². The van der Waals surface area contributed by atoms with Gasteiger partial charge in [-0.05, 0) is 63.3 Å². The van der Waals surface area contributed by atoms with Gasteiger partial charge in [0, 0.05) is 16.8 Å². The summed E-state index contributed by atoms with van der Waals surface area (Å²) in [7, 11) is -4.17. The molecule has 1 aliphatic carbocycles. The van der Waals surface area contributed by atoms with Crippen LogP contribution in [-0.2, 0) is 28.1 Å². The SMILES string of the molecule is CCC(NP(=O)(OC[C@@H]1OC[C@H](n2cc(C)c(=O)[nH]c2=O)O1)Oc1ccc(Cl)cc1)C(=O)OC1CCCCC1. The highest BCUT2D eigenvalue weighted by atomic mass is 35.5. The first-order valence-electron chi connectivity index (χ1n) is 12.9. The third-order valence-corrected chi connectivity index (χ3v) is 8.27. The van der Waals surface area contributed by atoms with Crippen molar-refractivity contribution in [2.75, 3.05) is 13.2 Å². The molecule has 4 atom stereocenters.